The summed E-state index contributed by atoms with van der Waals surface area (Å²) in [5.74, 6) is 1.67. The monoisotopic (exact) mass is 531 g/mol. The summed E-state index contributed by atoms with van der Waals surface area (Å²) < 4.78 is 11.6. The molecule has 3 fully saturated rings. The number of carbonyl (C=O) groups excluding carboxylic acids is 1. The number of pyridine rings is 1. The van der Waals surface area contributed by atoms with E-state index in [9.17, 15) is 4.79 Å². The number of aromatic nitrogens is 6. The van der Waals surface area contributed by atoms with Gasteiger partial charge in [0.1, 0.15) is 11.2 Å². The Kier molecular flexibility index (Phi) is 6.07. The molecule has 11 nitrogen and oxygen atoms in total. The zero-order chi connectivity index (χ0) is 26.7. The number of nitrogens with one attached hydrogen (secondary N) is 1. The third kappa shape index (κ3) is 4.57. The van der Waals surface area contributed by atoms with Gasteiger partial charge >= 0.3 is 0 Å². The van der Waals surface area contributed by atoms with Gasteiger partial charge in [0.25, 0.3) is 0 Å². The number of imidazole rings is 1. The third-order valence-electron chi connectivity index (χ3n) is 8.32. The van der Waals surface area contributed by atoms with E-state index < -0.39 is 0 Å². The summed E-state index contributed by atoms with van der Waals surface area (Å²) in [5.41, 5.74) is 4.82. The first-order valence-corrected chi connectivity index (χ1v) is 14.2. The molecule has 0 aromatic carbocycles. The molecule has 1 saturated heterocycles. The normalized spacial score (nSPS) is 18.3. The van der Waals surface area contributed by atoms with Gasteiger partial charge in [-0.2, -0.15) is 5.10 Å². The fourth-order valence-electron chi connectivity index (χ4n) is 6.03. The molecule has 1 N–H and O–H groups in total. The Balaban J connectivity index is 1.22. The first kappa shape index (κ1) is 24.6. The fraction of sp³-hybridized carbons (Fsp3) is 0.571. The number of morpholine rings is 1. The van der Waals surface area contributed by atoms with Gasteiger partial charge in [-0.05, 0) is 38.7 Å². The van der Waals surface area contributed by atoms with Crippen LogP contribution in [-0.4, -0.2) is 83.0 Å². The van der Waals surface area contributed by atoms with Crippen molar-refractivity contribution in [1.82, 2.24) is 38.7 Å². The van der Waals surface area contributed by atoms with Gasteiger partial charge in [0.05, 0.1) is 37.2 Å². The Hall–Kier alpha value is -3.44. The standard InChI is InChI=1S/C28H37N9O2/c1-4-36-20(15-24(38)37(18-5-6-18)19-7-8-19)13-22-26-25(29-17-33(26)2)27(31-28(22)36)30-23-14-21(34(3)32-23)16-35-9-11-39-12-10-35/h13-14,17-19H,4-12,15-16H2,1-3H3,(H,30,31,32). The number of anilines is 2. The molecule has 1 aliphatic heterocycles. The predicted molar refractivity (Wildman–Crippen MR) is 149 cm³/mol. The molecule has 4 aromatic rings. The summed E-state index contributed by atoms with van der Waals surface area (Å²) in [6.45, 7) is 7.09. The number of nitrogens with zero attached hydrogens (tertiary/aromatic N) is 8. The van der Waals surface area contributed by atoms with Crippen LogP contribution in [0.25, 0.3) is 22.1 Å². The molecule has 39 heavy (non-hydrogen) atoms. The number of ether oxygens (including phenoxy) is 1. The minimum Gasteiger partial charge on any atom is -0.379 e. The third-order valence-corrected chi connectivity index (χ3v) is 8.32. The predicted octanol–water partition coefficient (Wildman–Crippen LogP) is 2.95. The van der Waals surface area contributed by atoms with Gasteiger partial charge < -0.3 is 24.1 Å². The van der Waals surface area contributed by atoms with Gasteiger partial charge in [0.15, 0.2) is 11.6 Å². The summed E-state index contributed by atoms with van der Waals surface area (Å²) in [6, 6.07) is 5.14. The van der Waals surface area contributed by atoms with Gasteiger partial charge in [-0.25, -0.2) is 9.97 Å². The molecule has 206 valence electrons. The molecule has 1 amide bonds. The maximum Gasteiger partial charge on any atom is 0.229 e. The molecule has 4 aromatic heterocycles. The van der Waals surface area contributed by atoms with Gasteiger partial charge in [-0.3, -0.25) is 14.4 Å². The highest BCUT2D eigenvalue weighted by atomic mass is 16.5. The molecular formula is C28H37N9O2. The van der Waals surface area contributed by atoms with Crippen molar-refractivity contribution < 1.29 is 9.53 Å². The smallest absolute Gasteiger partial charge is 0.229 e. The second-order valence-corrected chi connectivity index (χ2v) is 11.2. The highest BCUT2D eigenvalue weighted by molar-refractivity contribution is 6.07. The summed E-state index contributed by atoms with van der Waals surface area (Å²) in [7, 11) is 3.99. The maximum absolute atomic E-state index is 13.4. The van der Waals surface area contributed by atoms with E-state index in [0.717, 1.165) is 104 Å². The van der Waals surface area contributed by atoms with Crippen molar-refractivity contribution in [1.29, 1.82) is 0 Å². The van der Waals surface area contributed by atoms with Crippen LogP contribution in [0.2, 0.25) is 0 Å². The highest BCUT2D eigenvalue weighted by Gasteiger charge is 2.42. The summed E-state index contributed by atoms with van der Waals surface area (Å²) in [6.07, 6.45) is 6.82. The van der Waals surface area contributed by atoms with Gasteiger partial charge in [0.2, 0.25) is 5.91 Å². The zero-order valence-corrected chi connectivity index (χ0v) is 23.1. The van der Waals surface area contributed by atoms with E-state index >= 15 is 0 Å². The molecule has 2 aliphatic carbocycles. The second kappa shape index (κ2) is 9.63. The van der Waals surface area contributed by atoms with Crippen molar-refractivity contribution in [3.8, 4) is 0 Å². The van der Waals surface area contributed by atoms with Crippen LogP contribution in [0.1, 0.15) is 44.0 Å². The van der Waals surface area contributed by atoms with Crippen molar-refractivity contribution in [2.45, 2.75) is 64.2 Å². The fourth-order valence-corrected chi connectivity index (χ4v) is 6.03. The minimum atomic E-state index is 0.249. The number of aryl methyl sites for hydroxylation is 3. The van der Waals surface area contributed by atoms with Crippen LogP contribution in [0.4, 0.5) is 11.6 Å². The second-order valence-electron chi connectivity index (χ2n) is 11.2. The lowest BCUT2D eigenvalue weighted by Gasteiger charge is -2.26. The zero-order valence-electron chi connectivity index (χ0n) is 23.1. The number of carbonyl (C=O) groups is 1. The molecule has 0 atom stereocenters. The van der Waals surface area contributed by atoms with Crippen molar-refractivity contribution in [2.24, 2.45) is 14.1 Å². The van der Waals surface area contributed by atoms with Crippen LogP contribution in [0.15, 0.2) is 18.5 Å². The van der Waals surface area contributed by atoms with Crippen LogP contribution < -0.4 is 5.32 Å². The Morgan fingerprint density at radius 1 is 1.10 bits per heavy atom. The number of rotatable bonds is 9. The van der Waals surface area contributed by atoms with Gasteiger partial charge in [0, 0.05) is 69.5 Å². The van der Waals surface area contributed by atoms with Crippen LogP contribution in [0, 0.1) is 0 Å². The van der Waals surface area contributed by atoms with Crippen molar-refractivity contribution in [3.63, 3.8) is 0 Å². The molecule has 7 rings (SSSR count). The van der Waals surface area contributed by atoms with Crippen molar-refractivity contribution in [3.05, 3.63) is 29.8 Å². The average Bonchev–Trinajstić information content (AvgIpc) is 3.84. The van der Waals surface area contributed by atoms with Crippen LogP contribution in [0.5, 0.6) is 0 Å². The number of hydrogen-bond donors (Lipinski definition) is 1. The number of fused-ring (bicyclic) bond motifs is 3. The van der Waals surface area contributed by atoms with E-state index in [1.807, 2.05) is 29.7 Å². The first-order chi connectivity index (χ1) is 19.0. The molecule has 3 aliphatic rings. The lowest BCUT2D eigenvalue weighted by Crippen LogP contribution is -2.36. The molecule has 2 saturated carbocycles. The summed E-state index contributed by atoms with van der Waals surface area (Å²) >= 11 is 0. The molecule has 0 bridgehead atoms. The van der Waals surface area contributed by atoms with Crippen molar-refractivity contribution >= 4 is 39.6 Å². The molecule has 0 unspecified atom stereocenters. The Labute approximate surface area is 227 Å². The summed E-state index contributed by atoms with van der Waals surface area (Å²) in [5, 5.41) is 9.23. The molecule has 11 heteroatoms. The Bertz CT molecular complexity index is 1520. The quantitative estimate of drug-likeness (QED) is 0.355. The maximum atomic E-state index is 13.4. The number of hydrogen-bond acceptors (Lipinski definition) is 7. The van der Waals surface area contributed by atoms with Crippen LogP contribution >= 0.6 is 0 Å². The van der Waals surface area contributed by atoms with Crippen molar-refractivity contribution in [2.75, 3.05) is 31.6 Å². The van der Waals surface area contributed by atoms with E-state index in [2.05, 4.69) is 38.7 Å². The average molecular weight is 532 g/mol. The summed E-state index contributed by atoms with van der Waals surface area (Å²) in [4.78, 5) is 27.8. The minimum absolute atomic E-state index is 0.249. The first-order valence-electron chi connectivity index (χ1n) is 14.2. The van der Waals surface area contributed by atoms with Crippen LogP contribution in [-0.2, 0) is 43.1 Å². The van der Waals surface area contributed by atoms with E-state index in [0.29, 0.717) is 24.3 Å². The van der Waals surface area contributed by atoms with E-state index in [4.69, 9.17) is 19.8 Å². The van der Waals surface area contributed by atoms with E-state index in [1.165, 1.54) is 0 Å². The lowest BCUT2D eigenvalue weighted by molar-refractivity contribution is -0.131. The molecule has 0 spiro atoms. The van der Waals surface area contributed by atoms with E-state index in [-0.39, 0.29) is 5.91 Å². The molecule has 5 heterocycles. The highest BCUT2D eigenvalue weighted by Crippen LogP contribution is 2.38. The molecule has 0 radical (unpaired) electrons. The van der Waals surface area contributed by atoms with Gasteiger partial charge in [-0.1, -0.05) is 0 Å². The Morgan fingerprint density at radius 3 is 2.54 bits per heavy atom. The topological polar surface area (TPSA) is 98.3 Å². The Morgan fingerprint density at radius 2 is 1.85 bits per heavy atom. The molecular weight excluding hydrogens is 494 g/mol. The number of amides is 1. The largest absolute Gasteiger partial charge is 0.379 e. The van der Waals surface area contributed by atoms with Gasteiger partial charge in [-0.15, -0.1) is 0 Å². The lowest BCUT2D eigenvalue weighted by atomic mass is 10.2. The SMILES string of the molecule is CCn1c(CC(=O)N(C2CC2)C2CC2)cc2c3c(ncn3C)c(Nc3cc(CN4CCOCC4)n(C)n3)nc21. The van der Waals surface area contributed by atoms with Crippen LogP contribution in [0.3, 0.4) is 0 Å². The van der Waals surface area contributed by atoms with E-state index in [1.54, 1.807) is 0 Å².